The van der Waals surface area contributed by atoms with E-state index in [1.54, 1.807) is 25.1 Å². The molecule has 0 spiro atoms. The molecule has 0 heterocycles. The van der Waals surface area contributed by atoms with Gasteiger partial charge in [-0.05, 0) is 30.5 Å². The Kier molecular flexibility index (Phi) is 4.71. The molecule has 5 heteroatoms. The van der Waals surface area contributed by atoms with E-state index in [1.807, 2.05) is 6.92 Å². The highest BCUT2D eigenvalue weighted by Crippen LogP contribution is 2.24. The average molecular weight is 251 g/mol. The molecule has 1 unspecified atom stereocenters. The Morgan fingerprint density at radius 1 is 1.33 bits per heavy atom. The van der Waals surface area contributed by atoms with Crippen LogP contribution in [0.4, 0.5) is 5.69 Å². The fraction of sp³-hybridized carbons (Fsp3) is 0.385. The molecule has 0 fully saturated rings. The lowest BCUT2D eigenvalue weighted by molar-refractivity contribution is -0.138. The highest BCUT2D eigenvalue weighted by Gasteiger charge is 2.13. The van der Waals surface area contributed by atoms with Crippen molar-refractivity contribution < 1.29 is 19.8 Å². The predicted octanol–water partition coefficient (Wildman–Crippen LogP) is 2.14. The Balaban J connectivity index is 2.56. The second kappa shape index (κ2) is 6.05. The number of amides is 1. The van der Waals surface area contributed by atoms with Crippen LogP contribution in [0, 0.1) is 12.8 Å². The monoisotopic (exact) mass is 251 g/mol. The minimum absolute atomic E-state index is 0.00855. The van der Waals surface area contributed by atoms with Gasteiger partial charge in [0.1, 0.15) is 5.75 Å². The van der Waals surface area contributed by atoms with Crippen LogP contribution in [0.15, 0.2) is 18.2 Å². The fourth-order valence-corrected chi connectivity index (χ4v) is 1.64. The molecule has 1 aromatic carbocycles. The summed E-state index contributed by atoms with van der Waals surface area (Å²) in [6.45, 7) is 3.53. The molecule has 18 heavy (non-hydrogen) atoms. The number of benzene rings is 1. The maximum Gasteiger partial charge on any atom is 0.303 e. The van der Waals surface area contributed by atoms with Gasteiger partial charge in [0.2, 0.25) is 5.91 Å². The van der Waals surface area contributed by atoms with Gasteiger partial charge in [-0.2, -0.15) is 0 Å². The van der Waals surface area contributed by atoms with E-state index in [0.717, 1.165) is 5.56 Å². The molecule has 1 aromatic rings. The number of carbonyl (C=O) groups is 2. The van der Waals surface area contributed by atoms with E-state index in [4.69, 9.17) is 5.11 Å². The Morgan fingerprint density at radius 3 is 2.56 bits per heavy atom. The van der Waals surface area contributed by atoms with Gasteiger partial charge in [0, 0.05) is 12.8 Å². The number of carboxylic acids is 1. The highest BCUT2D eigenvalue weighted by molar-refractivity contribution is 5.92. The molecule has 0 radical (unpaired) electrons. The standard InChI is InChI=1S/C13H17NO4/c1-8-3-4-10(11(15)5-8)14-12(16)6-9(2)7-13(17)18/h3-5,9,15H,6-7H2,1-2H3,(H,14,16)(H,17,18). The number of aryl methyl sites for hydroxylation is 1. The van der Waals surface area contributed by atoms with E-state index in [2.05, 4.69) is 5.32 Å². The van der Waals surface area contributed by atoms with Crippen molar-refractivity contribution >= 4 is 17.6 Å². The van der Waals surface area contributed by atoms with Crippen LogP contribution in [-0.2, 0) is 9.59 Å². The maximum atomic E-state index is 11.6. The van der Waals surface area contributed by atoms with Crippen molar-refractivity contribution in [2.75, 3.05) is 5.32 Å². The van der Waals surface area contributed by atoms with Crippen LogP contribution in [0.1, 0.15) is 25.3 Å². The Hall–Kier alpha value is -2.04. The number of phenols is 1. The van der Waals surface area contributed by atoms with Crippen LogP contribution in [-0.4, -0.2) is 22.1 Å². The van der Waals surface area contributed by atoms with Crippen LogP contribution in [0.3, 0.4) is 0 Å². The number of phenolic OH excluding ortho intramolecular Hbond substituents is 1. The first-order valence-corrected chi connectivity index (χ1v) is 5.69. The quantitative estimate of drug-likeness (QED) is 0.700. The highest BCUT2D eigenvalue weighted by atomic mass is 16.4. The molecular weight excluding hydrogens is 234 g/mol. The number of nitrogens with one attached hydrogen (secondary N) is 1. The maximum absolute atomic E-state index is 11.6. The minimum atomic E-state index is -0.923. The lowest BCUT2D eigenvalue weighted by Crippen LogP contribution is -2.17. The molecule has 0 aromatic heterocycles. The van der Waals surface area contributed by atoms with Gasteiger partial charge in [-0.3, -0.25) is 9.59 Å². The van der Waals surface area contributed by atoms with Crippen molar-refractivity contribution in [3.8, 4) is 5.75 Å². The van der Waals surface area contributed by atoms with Crippen molar-refractivity contribution in [1.82, 2.24) is 0 Å². The number of aromatic hydroxyl groups is 1. The van der Waals surface area contributed by atoms with Gasteiger partial charge in [-0.25, -0.2) is 0 Å². The zero-order chi connectivity index (χ0) is 13.7. The minimum Gasteiger partial charge on any atom is -0.506 e. The predicted molar refractivity (Wildman–Crippen MR) is 67.5 cm³/mol. The lowest BCUT2D eigenvalue weighted by atomic mass is 10.0. The smallest absolute Gasteiger partial charge is 0.303 e. The topological polar surface area (TPSA) is 86.6 Å². The summed E-state index contributed by atoms with van der Waals surface area (Å²) >= 11 is 0. The summed E-state index contributed by atoms with van der Waals surface area (Å²) in [5.74, 6) is -1.46. The van der Waals surface area contributed by atoms with Gasteiger partial charge in [0.05, 0.1) is 5.69 Å². The van der Waals surface area contributed by atoms with Crippen molar-refractivity contribution in [3.05, 3.63) is 23.8 Å². The van der Waals surface area contributed by atoms with Gasteiger partial charge >= 0.3 is 5.97 Å². The van der Waals surface area contributed by atoms with Crippen LogP contribution < -0.4 is 5.32 Å². The zero-order valence-electron chi connectivity index (χ0n) is 10.4. The summed E-state index contributed by atoms with van der Waals surface area (Å²) < 4.78 is 0. The van der Waals surface area contributed by atoms with E-state index in [0.29, 0.717) is 5.69 Å². The molecule has 1 rings (SSSR count). The van der Waals surface area contributed by atoms with Crippen LogP contribution in [0.2, 0.25) is 0 Å². The third-order valence-corrected chi connectivity index (χ3v) is 2.48. The third-order valence-electron chi connectivity index (χ3n) is 2.48. The number of anilines is 1. The van der Waals surface area contributed by atoms with E-state index in [-0.39, 0.29) is 30.4 Å². The summed E-state index contributed by atoms with van der Waals surface area (Å²) in [4.78, 5) is 22.1. The number of carboxylic acid groups (broad SMARTS) is 1. The number of carbonyl (C=O) groups excluding carboxylic acids is 1. The second-order valence-electron chi connectivity index (χ2n) is 4.48. The van der Waals surface area contributed by atoms with Gasteiger partial charge in [-0.15, -0.1) is 0 Å². The molecule has 0 aliphatic heterocycles. The van der Waals surface area contributed by atoms with Crippen LogP contribution >= 0.6 is 0 Å². The molecule has 98 valence electrons. The summed E-state index contributed by atoms with van der Waals surface area (Å²) in [5.41, 5.74) is 1.23. The summed E-state index contributed by atoms with van der Waals surface area (Å²) in [5, 5.41) is 20.8. The van der Waals surface area contributed by atoms with Gasteiger partial charge in [0.25, 0.3) is 0 Å². The zero-order valence-corrected chi connectivity index (χ0v) is 10.4. The third kappa shape index (κ3) is 4.45. The molecule has 1 amide bonds. The average Bonchev–Trinajstić information content (AvgIpc) is 2.20. The second-order valence-corrected chi connectivity index (χ2v) is 4.48. The normalized spacial score (nSPS) is 11.9. The Bertz CT molecular complexity index is 456. The summed E-state index contributed by atoms with van der Waals surface area (Å²) in [7, 11) is 0. The van der Waals surface area contributed by atoms with Gasteiger partial charge < -0.3 is 15.5 Å². The molecule has 0 aliphatic carbocycles. The molecule has 0 aliphatic rings. The van der Waals surface area contributed by atoms with Crippen molar-refractivity contribution in [2.45, 2.75) is 26.7 Å². The first-order valence-electron chi connectivity index (χ1n) is 5.69. The lowest BCUT2D eigenvalue weighted by Gasteiger charge is -2.10. The molecule has 0 saturated heterocycles. The molecule has 1 atom stereocenters. The van der Waals surface area contributed by atoms with Crippen LogP contribution in [0.25, 0.3) is 0 Å². The van der Waals surface area contributed by atoms with Crippen molar-refractivity contribution in [1.29, 1.82) is 0 Å². The van der Waals surface area contributed by atoms with Gasteiger partial charge in [0.15, 0.2) is 0 Å². The largest absolute Gasteiger partial charge is 0.506 e. The summed E-state index contributed by atoms with van der Waals surface area (Å²) in [6, 6.07) is 4.94. The van der Waals surface area contributed by atoms with Crippen LogP contribution in [0.5, 0.6) is 5.75 Å². The first kappa shape index (κ1) is 14.0. The summed E-state index contributed by atoms with van der Waals surface area (Å²) in [6.07, 6.45) is 0.0624. The number of rotatable bonds is 5. The molecule has 3 N–H and O–H groups in total. The number of aliphatic carboxylic acids is 1. The Morgan fingerprint density at radius 2 is 2.00 bits per heavy atom. The van der Waals surface area contributed by atoms with Gasteiger partial charge in [-0.1, -0.05) is 13.0 Å². The van der Waals surface area contributed by atoms with E-state index in [9.17, 15) is 14.7 Å². The van der Waals surface area contributed by atoms with Crippen molar-refractivity contribution in [2.24, 2.45) is 5.92 Å². The molecule has 0 bridgehead atoms. The Labute approximate surface area is 105 Å². The SMILES string of the molecule is Cc1ccc(NC(=O)CC(C)CC(=O)O)c(O)c1. The van der Waals surface area contributed by atoms with E-state index < -0.39 is 5.97 Å². The number of hydrogen-bond acceptors (Lipinski definition) is 3. The first-order chi connectivity index (χ1) is 8.38. The molecular formula is C13H17NO4. The van der Waals surface area contributed by atoms with E-state index >= 15 is 0 Å². The van der Waals surface area contributed by atoms with Crippen molar-refractivity contribution in [3.63, 3.8) is 0 Å². The fourth-order valence-electron chi connectivity index (χ4n) is 1.64. The van der Waals surface area contributed by atoms with E-state index in [1.165, 1.54) is 0 Å². The molecule has 0 saturated carbocycles. The molecule has 5 nitrogen and oxygen atoms in total. The number of hydrogen-bond donors (Lipinski definition) is 3.